The summed E-state index contributed by atoms with van der Waals surface area (Å²) in [4.78, 5) is 8.47. The molecule has 2 aromatic heterocycles. The van der Waals surface area contributed by atoms with Crippen LogP contribution in [0, 0.1) is 0 Å². The summed E-state index contributed by atoms with van der Waals surface area (Å²) in [5.41, 5.74) is 2.82. The molecule has 21 heavy (non-hydrogen) atoms. The second-order valence-corrected chi connectivity index (χ2v) is 5.48. The Morgan fingerprint density at radius 3 is 2.76 bits per heavy atom. The molecule has 0 fully saturated rings. The molecule has 0 aliphatic rings. The van der Waals surface area contributed by atoms with Crippen molar-refractivity contribution in [2.75, 3.05) is 0 Å². The smallest absolute Gasteiger partial charge is 0.134 e. The zero-order valence-electron chi connectivity index (χ0n) is 11.2. The number of rotatable bonds is 4. The SMILES string of the molecule is Clc1nc2c(Cl)cccc2cc1CNCc1cccnc1. The normalized spacial score (nSPS) is 11.0. The van der Waals surface area contributed by atoms with E-state index in [1.54, 1.807) is 6.20 Å². The number of para-hydroxylation sites is 1. The van der Waals surface area contributed by atoms with Crippen LogP contribution in [-0.2, 0) is 13.1 Å². The van der Waals surface area contributed by atoms with E-state index >= 15 is 0 Å². The van der Waals surface area contributed by atoms with E-state index in [0.29, 0.717) is 16.7 Å². The van der Waals surface area contributed by atoms with Crippen LogP contribution in [0.4, 0.5) is 0 Å². The third-order valence-electron chi connectivity index (χ3n) is 3.19. The molecule has 3 rings (SSSR count). The van der Waals surface area contributed by atoms with Crippen molar-refractivity contribution in [2.45, 2.75) is 13.1 Å². The Kier molecular flexibility index (Phi) is 4.34. The molecule has 3 nitrogen and oxygen atoms in total. The molecular formula is C16H13Cl2N3. The van der Waals surface area contributed by atoms with Gasteiger partial charge in [-0.05, 0) is 23.8 Å². The van der Waals surface area contributed by atoms with Crippen LogP contribution in [0.2, 0.25) is 10.2 Å². The Balaban J connectivity index is 1.76. The van der Waals surface area contributed by atoms with Crippen LogP contribution in [0.25, 0.3) is 10.9 Å². The third kappa shape index (κ3) is 3.32. The number of halogens is 2. The van der Waals surface area contributed by atoms with Gasteiger partial charge in [-0.2, -0.15) is 0 Å². The van der Waals surface area contributed by atoms with Gasteiger partial charge in [0.1, 0.15) is 5.15 Å². The highest BCUT2D eigenvalue weighted by molar-refractivity contribution is 6.35. The van der Waals surface area contributed by atoms with E-state index < -0.39 is 0 Å². The number of fused-ring (bicyclic) bond motifs is 1. The van der Waals surface area contributed by atoms with E-state index in [0.717, 1.165) is 28.6 Å². The quantitative estimate of drug-likeness (QED) is 0.732. The second kappa shape index (κ2) is 6.39. The van der Waals surface area contributed by atoms with Gasteiger partial charge in [0.25, 0.3) is 0 Å². The lowest BCUT2D eigenvalue weighted by molar-refractivity contribution is 0.690. The molecule has 1 aromatic carbocycles. The predicted molar refractivity (Wildman–Crippen MR) is 86.5 cm³/mol. The predicted octanol–water partition coefficient (Wildman–Crippen LogP) is 4.23. The van der Waals surface area contributed by atoms with Crippen LogP contribution < -0.4 is 5.32 Å². The lowest BCUT2D eigenvalue weighted by atomic mass is 10.1. The van der Waals surface area contributed by atoms with Gasteiger partial charge in [0, 0.05) is 36.4 Å². The van der Waals surface area contributed by atoms with E-state index in [9.17, 15) is 0 Å². The zero-order valence-corrected chi connectivity index (χ0v) is 12.7. The van der Waals surface area contributed by atoms with Crippen LogP contribution in [0.5, 0.6) is 0 Å². The van der Waals surface area contributed by atoms with Crippen molar-refractivity contribution in [3.63, 3.8) is 0 Å². The van der Waals surface area contributed by atoms with Gasteiger partial charge in [-0.3, -0.25) is 4.98 Å². The number of pyridine rings is 2. The lowest BCUT2D eigenvalue weighted by Crippen LogP contribution is -2.13. The van der Waals surface area contributed by atoms with E-state index in [2.05, 4.69) is 15.3 Å². The van der Waals surface area contributed by atoms with Crippen molar-refractivity contribution in [3.8, 4) is 0 Å². The van der Waals surface area contributed by atoms with Crippen LogP contribution >= 0.6 is 23.2 Å². The van der Waals surface area contributed by atoms with Crippen molar-refractivity contribution in [3.05, 3.63) is 70.1 Å². The highest BCUT2D eigenvalue weighted by Gasteiger charge is 2.07. The fourth-order valence-electron chi connectivity index (χ4n) is 2.15. The molecule has 3 aromatic rings. The Labute approximate surface area is 132 Å². The molecule has 2 heterocycles. The Bertz CT molecular complexity index is 760. The molecule has 0 aliphatic heterocycles. The Hall–Kier alpha value is -1.68. The summed E-state index contributed by atoms with van der Waals surface area (Å²) in [6.07, 6.45) is 3.60. The number of aromatic nitrogens is 2. The van der Waals surface area contributed by atoms with Gasteiger partial charge in [0.2, 0.25) is 0 Å². The highest BCUT2D eigenvalue weighted by Crippen LogP contribution is 2.25. The summed E-state index contributed by atoms with van der Waals surface area (Å²) in [7, 11) is 0. The maximum absolute atomic E-state index is 6.23. The molecule has 1 N–H and O–H groups in total. The summed E-state index contributed by atoms with van der Waals surface area (Å²) in [5.74, 6) is 0. The van der Waals surface area contributed by atoms with Crippen molar-refractivity contribution >= 4 is 34.1 Å². The number of hydrogen-bond donors (Lipinski definition) is 1. The summed E-state index contributed by atoms with van der Waals surface area (Å²) < 4.78 is 0. The molecule has 0 unspecified atom stereocenters. The molecule has 0 atom stereocenters. The number of benzene rings is 1. The van der Waals surface area contributed by atoms with Crippen LogP contribution in [0.1, 0.15) is 11.1 Å². The molecule has 106 valence electrons. The maximum atomic E-state index is 6.23. The van der Waals surface area contributed by atoms with Gasteiger partial charge in [-0.15, -0.1) is 0 Å². The monoisotopic (exact) mass is 317 g/mol. The molecule has 0 spiro atoms. The summed E-state index contributed by atoms with van der Waals surface area (Å²) in [5, 5.41) is 5.43. The molecule has 0 bridgehead atoms. The van der Waals surface area contributed by atoms with Crippen LogP contribution in [0.15, 0.2) is 48.8 Å². The van der Waals surface area contributed by atoms with E-state index in [1.807, 2.05) is 42.6 Å². The van der Waals surface area contributed by atoms with E-state index in [1.165, 1.54) is 0 Å². The maximum Gasteiger partial charge on any atom is 0.134 e. The van der Waals surface area contributed by atoms with Crippen molar-refractivity contribution in [1.29, 1.82) is 0 Å². The summed E-state index contributed by atoms with van der Waals surface area (Å²) in [6.45, 7) is 1.38. The first-order chi connectivity index (χ1) is 10.2. The average Bonchev–Trinajstić information content (AvgIpc) is 2.50. The number of nitrogens with zero attached hydrogens (tertiary/aromatic N) is 2. The highest BCUT2D eigenvalue weighted by atomic mass is 35.5. The minimum atomic E-state index is 0.481. The number of hydrogen-bond acceptors (Lipinski definition) is 3. The van der Waals surface area contributed by atoms with Crippen LogP contribution in [-0.4, -0.2) is 9.97 Å². The lowest BCUT2D eigenvalue weighted by Gasteiger charge is -2.08. The van der Waals surface area contributed by atoms with Gasteiger partial charge < -0.3 is 5.32 Å². The van der Waals surface area contributed by atoms with Gasteiger partial charge >= 0.3 is 0 Å². The minimum absolute atomic E-state index is 0.481. The molecule has 0 aliphatic carbocycles. The minimum Gasteiger partial charge on any atom is -0.308 e. The molecule has 0 saturated heterocycles. The molecule has 0 amide bonds. The van der Waals surface area contributed by atoms with Crippen molar-refractivity contribution in [2.24, 2.45) is 0 Å². The first-order valence-corrected chi connectivity index (χ1v) is 7.33. The van der Waals surface area contributed by atoms with E-state index in [-0.39, 0.29) is 0 Å². The standard InChI is InChI=1S/C16H13Cl2N3/c17-14-5-1-4-12-7-13(16(18)21-15(12)14)10-20-9-11-3-2-6-19-8-11/h1-8,20H,9-10H2. The van der Waals surface area contributed by atoms with Gasteiger partial charge in [0.05, 0.1) is 10.5 Å². The van der Waals surface area contributed by atoms with Gasteiger partial charge in [-0.25, -0.2) is 4.98 Å². The molecule has 0 radical (unpaired) electrons. The third-order valence-corrected chi connectivity index (χ3v) is 3.82. The van der Waals surface area contributed by atoms with Gasteiger partial charge in [-0.1, -0.05) is 41.4 Å². The fraction of sp³-hybridized carbons (Fsp3) is 0.125. The summed E-state index contributed by atoms with van der Waals surface area (Å²) >= 11 is 12.4. The Morgan fingerprint density at radius 1 is 1.05 bits per heavy atom. The molecule has 0 saturated carbocycles. The average molecular weight is 318 g/mol. The first-order valence-electron chi connectivity index (χ1n) is 6.57. The summed E-state index contributed by atoms with van der Waals surface area (Å²) in [6, 6.07) is 11.7. The topological polar surface area (TPSA) is 37.8 Å². The largest absolute Gasteiger partial charge is 0.308 e. The molecular weight excluding hydrogens is 305 g/mol. The fourth-order valence-corrected chi connectivity index (χ4v) is 2.58. The van der Waals surface area contributed by atoms with Gasteiger partial charge in [0.15, 0.2) is 0 Å². The van der Waals surface area contributed by atoms with Crippen molar-refractivity contribution < 1.29 is 0 Å². The molecule has 5 heteroatoms. The number of nitrogens with one attached hydrogen (secondary N) is 1. The van der Waals surface area contributed by atoms with Crippen molar-refractivity contribution in [1.82, 2.24) is 15.3 Å². The Morgan fingerprint density at radius 2 is 1.95 bits per heavy atom. The first kappa shape index (κ1) is 14.3. The van der Waals surface area contributed by atoms with Crippen LogP contribution in [0.3, 0.4) is 0 Å². The van der Waals surface area contributed by atoms with E-state index in [4.69, 9.17) is 23.2 Å². The zero-order chi connectivity index (χ0) is 14.7. The second-order valence-electron chi connectivity index (χ2n) is 4.71.